The van der Waals surface area contributed by atoms with Crippen LogP contribution in [0.15, 0.2) is 30.3 Å². The fourth-order valence-corrected chi connectivity index (χ4v) is 4.58. The number of rotatable bonds is 2. The number of ether oxygens (including phenoxy) is 1. The minimum atomic E-state index is -4.90. The van der Waals surface area contributed by atoms with E-state index in [9.17, 15) is 22.4 Å². The van der Waals surface area contributed by atoms with Gasteiger partial charge in [0.2, 0.25) is 5.91 Å². The molecule has 0 saturated heterocycles. The minimum absolute atomic E-state index is 0.0424. The molecule has 0 bridgehead atoms. The molecule has 1 fully saturated rings. The molecule has 8 heteroatoms. The molecule has 0 radical (unpaired) electrons. The number of nitrogens with zero attached hydrogens (tertiary/aromatic N) is 1. The van der Waals surface area contributed by atoms with E-state index in [1.807, 2.05) is 0 Å². The number of carbonyl (C=O) groups excluding carboxylic acids is 1. The summed E-state index contributed by atoms with van der Waals surface area (Å²) < 4.78 is 58.1. The average molecular weight is 414 g/mol. The van der Waals surface area contributed by atoms with Crippen molar-refractivity contribution in [3.8, 4) is 11.5 Å². The molecule has 28 heavy (non-hydrogen) atoms. The Hall–Kier alpha value is -2.28. The second-order valence-corrected chi connectivity index (χ2v) is 7.60. The SMILES string of the molecule is CN1C(=O)C2(CCCC2)c2cc(Oc3cc(F)c(C(F)(F)F)c(Cl)c3)ccc21. The van der Waals surface area contributed by atoms with Crippen LogP contribution in [0.1, 0.15) is 36.8 Å². The third-order valence-corrected chi connectivity index (χ3v) is 5.85. The van der Waals surface area contributed by atoms with E-state index in [-0.39, 0.29) is 11.7 Å². The Morgan fingerprint density at radius 2 is 1.79 bits per heavy atom. The van der Waals surface area contributed by atoms with Crippen molar-refractivity contribution in [2.45, 2.75) is 37.3 Å². The van der Waals surface area contributed by atoms with Crippen molar-refractivity contribution in [1.82, 2.24) is 0 Å². The highest BCUT2D eigenvalue weighted by Gasteiger charge is 2.51. The van der Waals surface area contributed by atoms with E-state index in [1.54, 1.807) is 30.1 Å². The van der Waals surface area contributed by atoms with Gasteiger partial charge in [0.15, 0.2) is 0 Å². The summed E-state index contributed by atoms with van der Waals surface area (Å²) in [6.45, 7) is 0. The first kappa shape index (κ1) is 19.1. The molecule has 3 nitrogen and oxygen atoms in total. The van der Waals surface area contributed by atoms with Crippen LogP contribution >= 0.6 is 11.6 Å². The largest absolute Gasteiger partial charge is 0.457 e. The fraction of sp³-hybridized carbons (Fsp3) is 0.350. The van der Waals surface area contributed by atoms with Gasteiger partial charge in [-0.05, 0) is 36.6 Å². The molecule has 1 aliphatic heterocycles. The Bertz CT molecular complexity index is 944. The molecule has 0 N–H and O–H groups in total. The van der Waals surface area contributed by atoms with Crippen molar-refractivity contribution in [2.24, 2.45) is 0 Å². The van der Waals surface area contributed by atoms with Gasteiger partial charge in [-0.3, -0.25) is 4.79 Å². The van der Waals surface area contributed by atoms with Crippen LogP contribution in [-0.4, -0.2) is 13.0 Å². The van der Waals surface area contributed by atoms with Crippen LogP contribution in [0.25, 0.3) is 0 Å². The Kier molecular flexibility index (Phi) is 4.34. The second-order valence-electron chi connectivity index (χ2n) is 7.19. The Morgan fingerprint density at radius 3 is 2.39 bits per heavy atom. The Morgan fingerprint density at radius 1 is 1.11 bits per heavy atom. The summed E-state index contributed by atoms with van der Waals surface area (Å²) in [5.74, 6) is -1.30. The first-order valence-electron chi connectivity index (χ1n) is 8.80. The van der Waals surface area contributed by atoms with E-state index < -0.39 is 28.0 Å². The molecule has 1 saturated carbocycles. The van der Waals surface area contributed by atoms with Crippen molar-refractivity contribution in [3.05, 3.63) is 52.3 Å². The van der Waals surface area contributed by atoms with Crippen LogP contribution in [-0.2, 0) is 16.4 Å². The molecule has 1 amide bonds. The maximum atomic E-state index is 13.9. The highest BCUT2D eigenvalue weighted by Crippen LogP contribution is 2.52. The van der Waals surface area contributed by atoms with Crippen molar-refractivity contribution in [1.29, 1.82) is 0 Å². The first-order valence-corrected chi connectivity index (χ1v) is 9.18. The molecule has 0 unspecified atom stereocenters. The van der Waals surface area contributed by atoms with Gasteiger partial charge in [-0.1, -0.05) is 24.4 Å². The molecular weight excluding hydrogens is 398 g/mol. The number of anilines is 1. The van der Waals surface area contributed by atoms with Gasteiger partial charge in [0.25, 0.3) is 0 Å². The van der Waals surface area contributed by atoms with Gasteiger partial charge in [-0.25, -0.2) is 4.39 Å². The number of likely N-dealkylation sites (N-methyl/N-ethyl adjacent to an activating group) is 1. The van der Waals surface area contributed by atoms with E-state index in [1.165, 1.54) is 0 Å². The number of alkyl halides is 3. The van der Waals surface area contributed by atoms with E-state index in [2.05, 4.69) is 0 Å². The van der Waals surface area contributed by atoms with Gasteiger partial charge in [0.1, 0.15) is 22.9 Å². The van der Waals surface area contributed by atoms with Crippen LogP contribution in [0.2, 0.25) is 5.02 Å². The number of hydrogen-bond acceptors (Lipinski definition) is 2. The van der Waals surface area contributed by atoms with Gasteiger partial charge in [-0.2, -0.15) is 13.2 Å². The number of amides is 1. The van der Waals surface area contributed by atoms with Crippen molar-refractivity contribution >= 4 is 23.2 Å². The molecule has 0 atom stereocenters. The van der Waals surface area contributed by atoms with Crippen molar-refractivity contribution in [3.63, 3.8) is 0 Å². The maximum absolute atomic E-state index is 13.9. The number of halogens is 5. The van der Waals surface area contributed by atoms with Gasteiger partial charge in [0.05, 0.1) is 10.4 Å². The average Bonchev–Trinajstić information content (AvgIpc) is 3.15. The summed E-state index contributed by atoms with van der Waals surface area (Å²) in [4.78, 5) is 14.4. The van der Waals surface area contributed by atoms with Gasteiger partial charge in [-0.15, -0.1) is 0 Å². The summed E-state index contributed by atoms with van der Waals surface area (Å²) in [6, 6.07) is 6.64. The van der Waals surface area contributed by atoms with E-state index in [0.29, 0.717) is 11.8 Å². The fourth-order valence-electron chi connectivity index (χ4n) is 4.28. The minimum Gasteiger partial charge on any atom is -0.457 e. The highest BCUT2D eigenvalue weighted by atomic mass is 35.5. The summed E-state index contributed by atoms with van der Waals surface area (Å²) >= 11 is 5.62. The van der Waals surface area contributed by atoms with Crippen LogP contribution < -0.4 is 9.64 Å². The molecular formula is C20H16ClF4NO2. The number of carbonyl (C=O) groups is 1. The molecule has 1 aliphatic carbocycles. The van der Waals surface area contributed by atoms with E-state index in [4.69, 9.17) is 16.3 Å². The highest BCUT2D eigenvalue weighted by molar-refractivity contribution is 6.31. The second kappa shape index (κ2) is 6.37. The van der Waals surface area contributed by atoms with Crippen molar-refractivity contribution < 1.29 is 27.1 Å². The summed E-state index contributed by atoms with van der Waals surface area (Å²) in [6.07, 6.45) is -1.51. The predicted octanol–water partition coefficient (Wildman–Crippen LogP) is 6.08. The quantitative estimate of drug-likeness (QED) is 0.558. The van der Waals surface area contributed by atoms with Crippen LogP contribution in [0.3, 0.4) is 0 Å². The lowest BCUT2D eigenvalue weighted by Gasteiger charge is -2.22. The molecule has 2 aromatic rings. The first-order chi connectivity index (χ1) is 13.1. The summed E-state index contributed by atoms with van der Waals surface area (Å²) in [5, 5.41) is -0.772. The predicted molar refractivity (Wildman–Crippen MR) is 96.5 cm³/mol. The van der Waals surface area contributed by atoms with Crippen LogP contribution in [0.5, 0.6) is 11.5 Å². The lowest BCUT2D eigenvalue weighted by atomic mass is 9.80. The van der Waals surface area contributed by atoms with E-state index in [0.717, 1.165) is 43.0 Å². The molecule has 2 aromatic carbocycles. The lowest BCUT2D eigenvalue weighted by Crippen LogP contribution is -2.36. The summed E-state index contributed by atoms with van der Waals surface area (Å²) in [7, 11) is 1.72. The monoisotopic (exact) mass is 413 g/mol. The normalized spacial score (nSPS) is 18.1. The molecule has 4 rings (SSSR count). The van der Waals surface area contributed by atoms with Crippen LogP contribution in [0, 0.1) is 5.82 Å². The Labute approximate surface area is 163 Å². The zero-order valence-corrected chi connectivity index (χ0v) is 15.6. The smallest absolute Gasteiger partial charge is 0.420 e. The topological polar surface area (TPSA) is 29.5 Å². The molecule has 2 aliphatic rings. The maximum Gasteiger partial charge on any atom is 0.420 e. The van der Waals surface area contributed by atoms with E-state index >= 15 is 0 Å². The zero-order valence-electron chi connectivity index (χ0n) is 14.9. The standard InChI is InChI=1S/C20H16ClF4NO2/c1-26-16-5-4-11(8-13(16)19(18(26)27)6-2-3-7-19)28-12-9-14(21)17(15(22)10-12)20(23,24)25/h4-5,8-10H,2-3,6-7H2,1H3. The van der Waals surface area contributed by atoms with Gasteiger partial charge >= 0.3 is 6.18 Å². The molecule has 148 valence electrons. The summed E-state index contributed by atoms with van der Waals surface area (Å²) in [5.41, 5.74) is -0.469. The van der Waals surface area contributed by atoms with Crippen molar-refractivity contribution in [2.75, 3.05) is 11.9 Å². The third kappa shape index (κ3) is 2.83. The third-order valence-electron chi connectivity index (χ3n) is 5.55. The molecule has 1 heterocycles. The number of fused-ring (bicyclic) bond motifs is 2. The van der Waals surface area contributed by atoms with Gasteiger partial charge < -0.3 is 9.64 Å². The number of benzene rings is 2. The lowest BCUT2D eigenvalue weighted by molar-refractivity contribution is -0.139. The Balaban J connectivity index is 1.70. The molecule has 1 spiro atoms. The van der Waals surface area contributed by atoms with Crippen LogP contribution in [0.4, 0.5) is 23.2 Å². The van der Waals surface area contributed by atoms with Gasteiger partial charge in [0, 0.05) is 24.9 Å². The molecule has 0 aromatic heterocycles. The zero-order chi connectivity index (χ0) is 20.3. The number of hydrogen-bond donors (Lipinski definition) is 0.